The van der Waals surface area contributed by atoms with Crippen molar-refractivity contribution in [2.75, 3.05) is 5.73 Å². The molecule has 0 spiro atoms. The van der Waals surface area contributed by atoms with Crippen molar-refractivity contribution in [2.45, 2.75) is 32.1 Å². The lowest BCUT2D eigenvalue weighted by atomic mass is 10.4. The minimum absolute atomic E-state index is 0.356. The molecule has 1 aliphatic carbocycles. The van der Waals surface area contributed by atoms with Crippen LogP contribution in [0, 0.1) is 0 Å². The van der Waals surface area contributed by atoms with Crippen LogP contribution in [0.2, 0.25) is 0 Å². The third-order valence-corrected chi connectivity index (χ3v) is 1.71. The Morgan fingerprint density at radius 1 is 1.18 bits per heavy atom. The number of anilines is 1. The van der Waals surface area contributed by atoms with E-state index in [9.17, 15) is 0 Å². The molecule has 1 fully saturated rings. The molecule has 2 rings (SSSR count). The van der Waals surface area contributed by atoms with Gasteiger partial charge in [-0.05, 0) is 0 Å². The maximum Gasteiger partial charge on any atom is 0.222 e. The molecular formula is C8H14N2O. The maximum absolute atomic E-state index is 5.05. The Kier molecular flexibility index (Phi) is 3.52. The van der Waals surface area contributed by atoms with Crippen LogP contribution in [0.25, 0.3) is 0 Å². The van der Waals surface area contributed by atoms with E-state index in [2.05, 4.69) is 9.68 Å². The topological polar surface area (TPSA) is 52.0 Å². The van der Waals surface area contributed by atoms with E-state index < -0.39 is 0 Å². The predicted octanol–water partition coefficient (Wildman–Crippen LogP) is 2.21. The summed E-state index contributed by atoms with van der Waals surface area (Å²) in [5.74, 6) is 0.356. The van der Waals surface area contributed by atoms with Crippen molar-refractivity contribution >= 4 is 5.88 Å². The van der Waals surface area contributed by atoms with Gasteiger partial charge in [-0.2, -0.15) is 0 Å². The third-order valence-electron chi connectivity index (χ3n) is 1.71. The molecule has 0 aromatic carbocycles. The van der Waals surface area contributed by atoms with E-state index in [-0.39, 0.29) is 0 Å². The summed E-state index contributed by atoms with van der Waals surface area (Å²) in [5.41, 5.74) is 5.05. The van der Waals surface area contributed by atoms with E-state index in [0.29, 0.717) is 5.88 Å². The zero-order valence-corrected chi connectivity index (χ0v) is 6.62. The van der Waals surface area contributed by atoms with Crippen LogP contribution in [0.5, 0.6) is 0 Å². The molecule has 0 bridgehead atoms. The summed E-state index contributed by atoms with van der Waals surface area (Å²) in [6.07, 6.45) is 9.00. The van der Waals surface area contributed by atoms with Crippen LogP contribution >= 0.6 is 0 Å². The van der Waals surface area contributed by atoms with Crippen molar-refractivity contribution in [1.29, 1.82) is 0 Å². The first-order chi connectivity index (χ1) is 5.39. The van der Waals surface area contributed by atoms with Gasteiger partial charge in [-0.25, -0.2) is 0 Å². The highest BCUT2D eigenvalue weighted by Gasteiger charge is 1.95. The van der Waals surface area contributed by atoms with Crippen molar-refractivity contribution in [2.24, 2.45) is 0 Å². The summed E-state index contributed by atoms with van der Waals surface area (Å²) in [6, 6.07) is 1.58. The summed E-state index contributed by atoms with van der Waals surface area (Å²) >= 11 is 0. The first-order valence-electron chi connectivity index (χ1n) is 4.06. The number of aromatic nitrogens is 1. The highest BCUT2D eigenvalue weighted by Crippen LogP contribution is 2.15. The Morgan fingerprint density at radius 2 is 1.73 bits per heavy atom. The van der Waals surface area contributed by atoms with Gasteiger partial charge in [0, 0.05) is 6.07 Å². The molecule has 0 amide bonds. The van der Waals surface area contributed by atoms with Crippen molar-refractivity contribution in [1.82, 2.24) is 5.16 Å². The molecular weight excluding hydrogens is 140 g/mol. The van der Waals surface area contributed by atoms with E-state index in [4.69, 9.17) is 5.73 Å². The summed E-state index contributed by atoms with van der Waals surface area (Å²) in [5, 5.41) is 3.32. The van der Waals surface area contributed by atoms with Gasteiger partial charge in [0.2, 0.25) is 5.88 Å². The molecule has 1 saturated carbocycles. The summed E-state index contributed by atoms with van der Waals surface area (Å²) in [4.78, 5) is 0. The average Bonchev–Trinajstić information content (AvgIpc) is 2.57. The van der Waals surface area contributed by atoms with Gasteiger partial charge in [-0.15, -0.1) is 0 Å². The normalized spacial score (nSPS) is 15.6. The number of hydrogen-bond acceptors (Lipinski definition) is 3. The van der Waals surface area contributed by atoms with Crippen LogP contribution in [0.4, 0.5) is 5.88 Å². The Morgan fingerprint density at radius 3 is 1.91 bits per heavy atom. The largest absolute Gasteiger partial charge is 0.368 e. The highest BCUT2D eigenvalue weighted by molar-refractivity contribution is 5.17. The fraction of sp³-hybridized carbons (Fsp3) is 0.625. The van der Waals surface area contributed by atoms with E-state index in [1.807, 2.05) is 0 Å². The summed E-state index contributed by atoms with van der Waals surface area (Å²) in [7, 11) is 0. The molecule has 2 N–H and O–H groups in total. The number of rotatable bonds is 0. The molecule has 0 unspecified atom stereocenters. The van der Waals surface area contributed by atoms with Crippen LogP contribution in [0.15, 0.2) is 16.8 Å². The highest BCUT2D eigenvalue weighted by atomic mass is 16.5. The van der Waals surface area contributed by atoms with Crippen LogP contribution < -0.4 is 5.73 Å². The molecule has 1 aromatic heterocycles. The van der Waals surface area contributed by atoms with E-state index in [0.717, 1.165) is 0 Å². The van der Waals surface area contributed by atoms with Gasteiger partial charge < -0.3 is 10.3 Å². The molecule has 1 aliphatic rings. The Hall–Kier alpha value is -0.990. The SMILES string of the molecule is C1CCCC1.Nc1ccno1. The van der Waals surface area contributed by atoms with Crippen LogP contribution in [-0.4, -0.2) is 5.16 Å². The van der Waals surface area contributed by atoms with Crippen molar-refractivity contribution < 1.29 is 4.52 Å². The maximum atomic E-state index is 5.05. The first kappa shape index (κ1) is 8.11. The molecule has 0 aliphatic heterocycles. The lowest BCUT2D eigenvalue weighted by Crippen LogP contribution is -1.75. The fourth-order valence-corrected chi connectivity index (χ4v) is 1.11. The molecule has 0 radical (unpaired) electrons. The molecule has 1 heterocycles. The zero-order chi connectivity index (χ0) is 7.94. The molecule has 1 aromatic rings. The van der Waals surface area contributed by atoms with Gasteiger partial charge in [-0.1, -0.05) is 37.3 Å². The van der Waals surface area contributed by atoms with Crippen LogP contribution in [-0.2, 0) is 0 Å². The molecule has 62 valence electrons. The van der Waals surface area contributed by atoms with Gasteiger partial charge in [-0.3, -0.25) is 0 Å². The van der Waals surface area contributed by atoms with E-state index in [1.165, 1.54) is 38.3 Å². The standard InChI is InChI=1S/C5H10.C3H4N2O/c1-2-4-5-3-1;4-3-1-2-5-6-3/h1-5H2;1-2H,4H2. The Labute approximate surface area is 66.6 Å². The van der Waals surface area contributed by atoms with E-state index >= 15 is 0 Å². The smallest absolute Gasteiger partial charge is 0.222 e. The second-order valence-corrected chi connectivity index (χ2v) is 2.68. The van der Waals surface area contributed by atoms with Crippen LogP contribution in [0.1, 0.15) is 32.1 Å². The summed E-state index contributed by atoms with van der Waals surface area (Å²) < 4.78 is 4.36. The van der Waals surface area contributed by atoms with E-state index in [1.54, 1.807) is 6.07 Å². The third kappa shape index (κ3) is 3.65. The first-order valence-corrected chi connectivity index (χ1v) is 4.06. The van der Waals surface area contributed by atoms with Gasteiger partial charge in [0.05, 0.1) is 6.20 Å². The lowest BCUT2D eigenvalue weighted by Gasteiger charge is -1.67. The van der Waals surface area contributed by atoms with Gasteiger partial charge in [0.25, 0.3) is 0 Å². The Balaban J connectivity index is 0.000000112. The minimum atomic E-state index is 0.356. The van der Waals surface area contributed by atoms with Gasteiger partial charge in [0.1, 0.15) is 0 Å². The second kappa shape index (κ2) is 4.77. The molecule has 0 atom stereocenters. The zero-order valence-electron chi connectivity index (χ0n) is 6.62. The number of hydrogen-bond donors (Lipinski definition) is 1. The number of nitrogen functional groups attached to an aromatic ring is 1. The summed E-state index contributed by atoms with van der Waals surface area (Å²) in [6.45, 7) is 0. The predicted molar refractivity (Wildman–Crippen MR) is 44.0 cm³/mol. The quantitative estimate of drug-likeness (QED) is 0.623. The number of nitrogens with zero attached hydrogens (tertiary/aromatic N) is 1. The molecule has 3 nitrogen and oxygen atoms in total. The van der Waals surface area contributed by atoms with Crippen molar-refractivity contribution in [3.8, 4) is 0 Å². The van der Waals surface area contributed by atoms with Gasteiger partial charge in [0.15, 0.2) is 0 Å². The fourth-order valence-electron chi connectivity index (χ4n) is 1.11. The van der Waals surface area contributed by atoms with Crippen molar-refractivity contribution in [3.63, 3.8) is 0 Å². The molecule has 11 heavy (non-hydrogen) atoms. The van der Waals surface area contributed by atoms with Crippen LogP contribution in [0.3, 0.4) is 0 Å². The second-order valence-electron chi connectivity index (χ2n) is 2.68. The van der Waals surface area contributed by atoms with Gasteiger partial charge >= 0.3 is 0 Å². The molecule has 3 heteroatoms. The number of nitrogens with two attached hydrogens (primary N) is 1. The minimum Gasteiger partial charge on any atom is -0.368 e. The lowest BCUT2D eigenvalue weighted by molar-refractivity contribution is 0.436. The van der Waals surface area contributed by atoms with Crippen molar-refractivity contribution in [3.05, 3.63) is 12.3 Å². The molecule has 0 saturated heterocycles. The average molecular weight is 154 g/mol. The monoisotopic (exact) mass is 154 g/mol. The Bertz CT molecular complexity index is 161.